The van der Waals surface area contributed by atoms with Crippen LogP contribution in [-0.2, 0) is 9.84 Å². The van der Waals surface area contributed by atoms with Gasteiger partial charge >= 0.3 is 0 Å². The van der Waals surface area contributed by atoms with Crippen molar-refractivity contribution in [3.05, 3.63) is 60.9 Å². The summed E-state index contributed by atoms with van der Waals surface area (Å²) in [6.07, 6.45) is 1.44. The predicted octanol–water partition coefficient (Wildman–Crippen LogP) is 3.39. The molecular formula is C18H17N3O2S. The largest absolute Gasteiger partial charge is 0.223 e. The number of benzene rings is 2. The van der Waals surface area contributed by atoms with E-state index < -0.39 is 15.1 Å². The minimum absolute atomic E-state index is 0.275. The molecule has 1 aromatic heterocycles. The second-order valence-electron chi connectivity index (χ2n) is 5.62. The Balaban J connectivity index is 2.05. The quantitative estimate of drug-likeness (QED) is 0.728. The van der Waals surface area contributed by atoms with Gasteiger partial charge in [0.05, 0.1) is 10.1 Å². The Labute approximate surface area is 141 Å². The molecule has 1 heterocycles. The zero-order chi connectivity index (χ0) is 17.2. The first kappa shape index (κ1) is 16.3. The summed E-state index contributed by atoms with van der Waals surface area (Å²) in [6.45, 7) is 3.33. The van der Waals surface area contributed by atoms with Crippen LogP contribution >= 0.6 is 0 Å². The molecule has 0 aliphatic heterocycles. The van der Waals surface area contributed by atoms with E-state index in [-0.39, 0.29) is 4.90 Å². The highest BCUT2D eigenvalue weighted by Gasteiger charge is 2.19. The molecule has 3 rings (SSSR count). The van der Waals surface area contributed by atoms with Crippen molar-refractivity contribution >= 4 is 9.84 Å². The first-order valence-corrected chi connectivity index (χ1v) is 9.12. The molecule has 2 aromatic carbocycles. The Morgan fingerprint density at radius 1 is 0.833 bits per heavy atom. The van der Waals surface area contributed by atoms with Crippen molar-refractivity contribution in [3.8, 4) is 22.8 Å². The molecule has 0 atom stereocenters. The van der Waals surface area contributed by atoms with Crippen LogP contribution in [0.4, 0.5) is 0 Å². The van der Waals surface area contributed by atoms with Gasteiger partial charge in [0.2, 0.25) is 0 Å². The molecule has 0 bridgehead atoms. The SMILES string of the molecule is CC(C)S(=O)(=O)c1cccc(-c2ncnc(-c3ccccc3)n2)c1. The van der Waals surface area contributed by atoms with E-state index in [9.17, 15) is 8.42 Å². The van der Waals surface area contributed by atoms with Crippen molar-refractivity contribution in [2.75, 3.05) is 0 Å². The van der Waals surface area contributed by atoms with Gasteiger partial charge < -0.3 is 0 Å². The van der Waals surface area contributed by atoms with E-state index in [0.717, 1.165) is 5.56 Å². The summed E-state index contributed by atoms with van der Waals surface area (Å²) in [5.74, 6) is 1.00. The molecule has 0 fully saturated rings. The molecule has 0 aliphatic rings. The van der Waals surface area contributed by atoms with Crippen molar-refractivity contribution < 1.29 is 8.42 Å². The van der Waals surface area contributed by atoms with Crippen LogP contribution in [0.15, 0.2) is 65.8 Å². The second kappa shape index (κ2) is 6.49. The van der Waals surface area contributed by atoms with E-state index in [1.807, 2.05) is 30.3 Å². The summed E-state index contributed by atoms with van der Waals surface area (Å²) < 4.78 is 24.7. The lowest BCUT2D eigenvalue weighted by Gasteiger charge is -2.09. The molecule has 6 heteroatoms. The summed E-state index contributed by atoms with van der Waals surface area (Å²) >= 11 is 0. The Hall–Kier alpha value is -2.60. The van der Waals surface area contributed by atoms with E-state index in [2.05, 4.69) is 15.0 Å². The van der Waals surface area contributed by atoms with Gasteiger partial charge in [0.15, 0.2) is 21.5 Å². The summed E-state index contributed by atoms with van der Waals surface area (Å²) in [4.78, 5) is 13.1. The molecule has 0 radical (unpaired) electrons. The summed E-state index contributed by atoms with van der Waals surface area (Å²) in [5.41, 5.74) is 1.53. The first-order valence-electron chi connectivity index (χ1n) is 7.57. The normalized spacial score (nSPS) is 11.6. The average molecular weight is 339 g/mol. The van der Waals surface area contributed by atoms with Gasteiger partial charge in [-0.1, -0.05) is 42.5 Å². The Kier molecular flexibility index (Phi) is 4.40. The minimum atomic E-state index is -3.34. The summed E-state index contributed by atoms with van der Waals surface area (Å²) in [6, 6.07) is 16.3. The maximum Gasteiger partial charge on any atom is 0.180 e. The number of hydrogen-bond donors (Lipinski definition) is 0. The average Bonchev–Trinajstić information content (AvgIpc) is 2.62. The molecule has 0 spiro atoms. The van der Waals surface area contributed by atoms with Crippen LogP contribution in [-0.4, -0.2) is 28.6 Å². The van der Waals surface area contributed by atoms with Gasteiger partial charge in [-0.05, 0) is 26.0 Å². The standard InChI is InChI=1S/C18H17N3O2S/c1-13(2)24(22,23)16-10-6-9-15(11-16)18-20-12-19-17(21-18)14-7-4-3-5-8-14/h3-13H,1-2H3. The lowest BCUT2D eigenvalue weighted by molar-refractivity contribution is 0.587. The maximum atomic E-state index is 12.4. The van der Waals surface area contributed by atoms with Crippen LogP contribution < -0.4 is 0 Å². The molecular weight excluding hydrogens is 322 g/mol. The van der Waals surface area contributed by atoms with Crippen LogP contribution in [0.5, 0.6) is 0 Å². The van der Waals surface area contributed by atoms with Crippen LogP contribution in [0, 0.1) is 0 Å². The van der Waals surface area contributed by atoms with Crippen LogP contribution in [0.3, 0.4) is 0 Å². The summed E-state index contributed by atoms with van der Waals surface area (Å²) in [5, 5.41) is -0.481. The van der Waals surface area contributed by atoms with Gasteiger partial charge in [-0.25, -0.2) is 23.4 Å². The predicted molar refractivity (Wildman–Crippen MR) is 93.0 cm³/mol. The third-order valence-electron chi connectivity index (χ3n) is 3.65. The van der Waals surface area contributed by atoms with Gasteiger partial charge in [0.25, 0.3) is 0 Å². The van der Waals surface area contributed by atoms with Crippen molar-refractivity contribution in [3.63, 3.8) is 0 Å². The van der Waals surface area contributed by atoms with Crippen LogP contribution in [0.25, 0.3) is 22.8 Å². The molecule has 0 N–H and O–H groups in total. The molecule has 5 nitrogen and oxygen atoms in total. The van der Waals surface area contributed by atoms with E-state index in [1.165, 1.54) is 6.33 Å². The van der Waals surface area contributed by atoms with E-state index in [0.29, 0.717) is 17.2 Å². The van der Waals surface area contributed by atoms with E-state index >= 15 is 0 Å². The smallest absolute Gasteiger partial charge is 0.180 e. The molecule has 0 amide bonds. The lowest BCUT2D eigenvalue weighted by Crippen LogP contribution is -2.14. The van der Waals surface area contributed by atoms with Gasteiger partial charge in [0.1, 0.15) is 6.33 Å². The van der Waals surface area contributed by atoms with E-state index in [1.54, 1.807) is 38.1 Å². The topological polar surface area (TPSA) is 72.8 Å². The van der Waals surface area contributed by atoms with Crippen molar-refractivity contribution in [1.82, 2.24) is 15.0 Å². The van der Waals surface area contributed by atoms with Crippen molar-refractivity contribution in [2.24, 2.45) is 0 Å². The zero-order valence-corrected chi connectivity index (χ0v) is 14.2. The van der Waals surface area contributed by atoms with Gasteiger partial charge in [-0.3, -0.25) is 0 Å². The van der Waals surface area contributed by atoms with Crippen molar-refractivity contribution in [2.45, 2.75) is 24.0 Å². The van der Waals surface area contributed by atoms with Crippen LogP contribution in [0.2, 0.25) is 0 Å². The minimum Gasteiger partial charge on any atom is -0.223 e. The highest BCUT2D eigenvalue weighted by atomic mass is 32.2. The van der Waals surface area contributed by atoms with Gasteiger partial charge in [-0.2, -0.15) is 0 Å². The first-order chi connectivity index (χ1) is 11.5. The maximum absolute atomic E-state index is 12.4. The zero-order valence-electron chi connectivity index (χ0n) is 13.4. The molecule has 3 aromatic rings. The van der Waals surface area contributed by atoms with E-state index in [4.69, 9.17) is 0 Å². The second-order valence-corrected chi connectivity index (χ2v) is 8.12. The van der Waals surface area contributed by atoms with Crippen LogP contribution in [0.1, 0.15) is 13.8 Å². The molecule has 0 saturated carbocycles. The Bertz CT molecular complexity index is 955. The fraction of sp³-hybridized carbons (Fsp3) is 0.167. The molecule has 24 heavy (non-hydrogen) atoms. The number of nitrogens with zero attached hydrogens (tertiary/aromatic N) is 3. The fourth-order valence-electron chi connectivity index (χ4n) is 2.25. The fourth-order valence-corrected chi connectivity index (χ4v) is 3.35. The molecule has 0 saturated heterocycles. The monoisotopic (exact) mass is 339 g/mol. The number of hydrogen-bond acceptors (Lipinski definition) is 5. The van der Waals surface area contributed by atoms with Gasteiger partial charge in [0, 0.05) is 11.1 Å². The van der Waals surface area contributed by atoms with Crippen molar-refractivity contribution in [1.29, 1.82) is 0 Å². The Morgan fingerprint density at radius 2 is 1.46 bits per heavy atom. The highest BCUT2D eigenvalue weighted by Crippen LogP contribution is 2.23. The molecule has 0 aliphatic carbocycles. The number of sulfone groups is 1. The van der Waals surface area contributed by atoms with Gasteiger partial charge in [-0.15, -0.1) is 0 Å². The Morgan fingerprint density at radius 3 is 2.12 bits per heavy atom. The number of rotatable bonds is 4. The molecule has 0 unspecified atom stereocenters. The summed E-state index contributed by atoms with van der Waals surface area (Å²) in [7, 11) is -3.34. The molecule has 122 valence electrons. The third-order valence-corrected chi connectivity index (χ3v) is 5.80. The lowest BCUT2D eigenvalue weighted by atomic mass is 10.2. The highest BCUT2D eigenvalue weighted by molar-refractivity contribution is 7.92. The third kappa shape index (κ3) is 3.19. The number of aromatic nitrogens is 3.